The van der Waals surface area contributed by atoms with Crippen LogP contribution in [0.1, 0.15) is 49.4 Å². The van der Waals surface area contributed by atoms with E-state index in [1.807, 2.05) is 6.92 Å². The lowest BCUT2D eigenvalue weighted by Gasteiger charge is -2.26. The average Bonchev–Trinajstić information content (AvgIpc) is 2.88. The van der Waals surface area contributed by atoms with Crippen molar-refractivity contribution in [3.05, 3.63) is 29.6 Å². The summed E-state index contributed by atoms with van der Waals surface area (Å²) in [6.07, 6.45) is 4.65. The van der Waals surface area contributed by atoms with Crippen molar-refractivity contribution in [2.75, 3.05) is 7.11 Å². The van der Waals surface area contributed by atoms with Crippen LogP contribution in [0.25, 0.3) is 0 Å². The van der Waals surface area contributed by atoms with Gasteiger partial charge in [-0.15, -0.1) is 0 Å². The first kappa shape index (κ1) is 13.1. The molecule has 98 valence electrons. The molecule has 1 aromatic carbocycles. The number of rotatable bonds is 4. The Hall–Kier alpha value is -1.38. The van der Waals surface area contributed by atoms with E-state index in [9.17, 15) is 9.18 Å². The summed E-state index contributed by atoms with van der Waals surface area (Å²) in [6, 6.07) is 4.78. The number of ketones is 1. The van der Waals surface area contributed by atoms with Crippen LogP contribution in [-0.4, -0.2) is 12.9 Å². The predicted molar refractivity (Wildman–Crippen MR) is 68.5 cm³/mol. The third kappa shape index (κ3) is 2.02. The van der Waals surface area contributed by atoms with E-state index in [0.29, 0.717) is 0 Å². The van der Waals surface area contributed by atoms with Crippen molar-refractivity contribution in [2.45, 2.75) is 39.0 Å². The molecule has 2 rings (SSSR count). The fraction of sp³-hybridized carbons (Fsp3) is 0.533. The highest BCUT2D eigenvalue weighted by Crippen LogP contribution is 2.44. The quantitative estimate of drug-likeness (QED) is 0.755. The van der Waals surface area contributed by atoms with Crippen molar-refractivity contribution < 1.29 is 13.9 Å². The van der Waals surface area contributed by atoms with Gasteiger partial charge in [0.1, 0.15) is 0 Å². The van der Waals surface area contributed by atoms with Gasteiger partial charge >= 0.3 is 0 Å². The van der Waals surface area contributed by atoms with Gasteiger partial charge in [0, 0.05) is 5.41 Å². The minimum atomic E-state index is -0.523. The maximum absolute atomic E-state index is 14.1. The lowest BCUT2D eigenvalue weighted by molar-refractivity contribution is 0.0786. The molecule has 0 heterocycles. The number of halogens is 1. The summed E-state index contributed by atoms with van der Waals surface area (Å²) >= 11 is 0. The largest absolute Gasteiger partial charge is 0.494 e. The first-order valence-corrected chi connectivity index (χ1v) is 6.52. The third-order valence-corrected chi connectivity index (χ3v) is 4.15. The van der Waals surface area contributed by atoms with Gasteiger partial charge in [-0.05, 0) is 31.4 Å². The van der Waals surface area contributed by atoms with Crippen LogP contribution in [0.15, 0.2) is 18.2 Å². The molecule has 0 spiro atoms. The second-order valence-corrected chi connectivity index (χ2v) is 4.99. The van der Waals surface area contributed by atoms with E-state index in [0.717, 1.165) is 32.1 Å². The van der Waals surface area contributed by atoms with E-state index < -0.39 is 5.82 Å². The maximum Gasteiger partial charge on any atom is 0.175 e. The van der Waals surface area contributed by atoms with E-state index in [-0.39, 0.29) is 22.5 Å². The maximum atomic E-state index is 14.1. The summed E-state index contributed by atoms with van der Waals surface area (Å²) in [7, 11) is 1.41. The summed E-state index contributed by atoms with van der Waals surface area (Å²) in [5, 5.41) is 0. The molecule has 0 unspecified atom stereocenters. The van der Waals surface area contributed by atoms with Gasteiger partial charge in [0.25, 0.3) is 0 Å². The van der Waals surface area contributed by atoms with Gasteiger partial charge in [-0.25, -0.2) is 4.39 Å². The average molecular weight is 250 g/mol. The van der Waals surface area contributed by atoms with Crippen molar-refractivity contribution in [2.24, 2.45) is 5.41 Å². The van der Waals surface area contributed by atoms with Crippen molar-refractivity contribution in [3.8, 4) is 5.75 Å². The number of methoxy groups -OCH3 is 1. The molecule has 1 aliphatic rings. The molecule has 0 aliphatic heterocycles. The number of carbonyl (C=O) groups excluding carboxylic acids is 1. The van der Waals surface area contributed by atoms with Crippen LogP contribution in [-0.2, 0) is 0 Å². The fourth-order valence-electron chi connectivity index (χ4n) is 2.92. The molecular weight excluding hydrogens is 231 g/mol. The van der Waals surface area contributed by atoms with Crippen LogP contribution in [0.3, 0.4) is 0 Å². The second-order valence-electron chi connectivity index (χ2n) is 4.99. The van der Waals surface area contributed by atoms with Crippen molar-refractivity contribution in [1.82, 2.24) is 0 Å². The smallest absolute Gasteiger partial charge is 0.175 e. The van der Waals surface area contributed by atoms with Crippen LogP contribution in [0.5, 0.6) is 5.75 Å². The SMILES string of the molecule is CCC1(C(=O)c2cccc(OC)c2F)CCCC1. The van der Waals surface area contributed by atoms with E-state index in [1.54, 1.807) is 18.2 Å². The summed E-state index contributed by atoms with van der Waals surface area (Å²) in [5.74, 6) is -0.436. The lowest BCUT2D eigenvalue weighted by Crippen LogP contribution is -2.28. The molecule has 18 heavy (non-hydrogen) atoms. The van der Waals surface area contributed by atoms with Gasteiger partial charge in [0.05, 0.1) is 12.7 Å². The Morgan fingerprint density at radius 2 is 2.06 bits per heavy atom. The Morgan fingerprint density at radius 3 is 2.61 bits per heavy atom. The van der Waals surface area contributed by atoms with Crippen LogP contribution in [0, 0.1) is 11.2 Å². The molecular formula is C15H19FO2. The van der Waals surface area contributed by atoms with Gasteiger partial charge in [-0.1, -0.05) is 25.8 Å². The number of benzene rings is 1. The van der Waals surface area contributed by atoms with Crippen molar-refractivity contribution in [3.63, 3.8) is 0 Å². The van der Waals surface area contributed by atoms with Gasteiger partial charge in [0.2, 0.25) is 0 Å². The number of hydrogen-bond acceptors (Lipinski definition) is 2. The standard InChI is InChI=1S/C15H19FO2/c1-3-15(9-4-5-10-15)14(17)11-7-6-8-12(18-2)13(11)16/h6-8H,3-5,9-10H2,1-2H3. The Labute approximate surface area is 107 Å². The molecule has 0 aromatic heterocycles. The van der Waals surface area contributed by atoms with Crippen LogP contribution in [0.4, 0.5) is 4.39 Å². The third-order valence-electron chi connectivity index (χ3n) is 4.15. The number of hydrogen-bond donors (Lipinski definition) is 0. The zero-order valence-corrected chi connectivity index (χ0v) is 11.0. The van der Waals surface area contributed by atoms with Crippen LogP contribution in [0.2, 0.25) is 0 Å². The Kier molecular flexibility index (Phi) is 3.69. The molecule has 1 fully saturated rings. The summed E-state index contributed by atoms with van der Waals surface area (Å²) in [4.78, 5) is 12.6. The van der Waals surface area contributed by atoms with Gasteiger partial charge < -0.3 is 4.74 Å². The first-order valence-electron chi connectivity index (χ1n) is 6.52. The monoisotopic (exact) mass is 250 g/mol. The zero-order valence-electron chi connectivity index (χ0n) is 11.0. The van der Waals surface area contributed by atoms with E-state index in [4.69, 9.17) is 4.74 Å². The summed E-state index contributed by atoms with van der Waals surface area (Å²) < 4.78 is 19.1. The molecule has 0 bridgehead atoms. The molecule has 0 N–H and O–H groups in total. The Bertz CT molecular complexity index is 448. The number of Topliss-reactive ketones (excluding diaryl/α,β-unsaturated/α-hetero) is 1. The topological polar surface area (TPSA) is 26.3 Å². The van der Waals surface area contributed by atoms with Crippen molar-refractivity contribution >= 4 is 5.78 Å². The molecule has 0 saturated heterocycles. The molecule has 0 atom stereocenters. The zero-order chi connectivity index (χ0) is 13.2. The molecule has 1 aliphatic carbocycles. The molecule has 2 nitrogen and oxygen atoms in total. The van der Waals surface area contributed by atoms with Crippen LogP contribution < -0.4 is 4.74 Å². The fourth-order valence-corrected chi connectivity index (χ4v) is 2.92. The minimum Gasteiger partial charge on any atom is -0.494 e. The normalized spacial score (nSPS) is 17.7. The number of carbonyl (C=O) groups is 1. The summed E-state index contributed by atoms with van der Waals surface area (Å²) in [6.45, 7) is 2.02. The lowest BCUT2D eigenvalue weighted by atomic mass is 9.76. The Morgan fingerprint density at radius 1 is 1.39 bits per heavy atom. The second kappa shape index (κ2) is 5.09. The first-order chi connectivity index (χ1) is 8.64. The van der Waals surface area contributed by atoms with E-state index in [1.165, 1.54) is 7.11 Å². The molecule has 1 saturated carbocycles. The van der Waals surface area contributed by atoms with Crippen molar-refractivity contribution in [1.29, 1.82) is 0 Å². The highest BCUT2D eigenvalue weighted by atomic mass is 19.1. The molecule has 0 radical (unpaired) electrons. The molecule has 1 aromatic rings. The van der Waals surface area contributed by atoms with E-state index in [2.05, 4.69) is 0 Å². The minimum absolute atomic E-state index is 0.0566. The van der Waals surface area contributed by atoms with Gasteiger partial charge in [0.15, 0.2) is 17.3 Å². The highest BCUT2D eigenvalue weighted by molar-refractivity contribution is 6.01. The molecule has 0 amide bonds. The van der Waals surface area contributed by atoms with Gasteiger partial charge in [-0.2, -0.15) is 0 Å². The van der Waals surface area contributed by atoms with Crippen LogP contribution >= 0.6 is 0 Å². The van der Waals surface area contributed by atoms with Gasteiger partial charge in [-0.3, -0.25) is 4.79 Å². The predicted octanol–water partition coefficient (Wildman–Crippen LogP) is 3.99. The number of ether oxygens (including phenoxy) is 1. The van der Waals surface area contributed by atoms with E-state index >= 15 is 0 Å². The summed E-state index contributed by atoms with van der Waals surface area (Å²) in [5.41, 5.74) is -0.175. The Balaban J connectivity index is 2.39. The molecule has 3 heteroatoms. The highest BCUT2D eigenvalue weighted by Gasteiger charge is 2.40.